The van der Waals surface area contributed by atoms with E-state index in [9.17, 15) is 9.59 Å². The van der Waals surface area contributed by atoms with Crippen LogP contribution < -0.4 is 0 Å². The first-order valence-electron chi connectivity index (χ1n) is 7.36. The van der Waals surface area contributed by atoms with Crippen molar-refractivity contribution >= 4 is 12.1 Å². The van der Waals surface area contributed by atoms with E-state index in [1.165, 1.54) is 50.5 Å². The molecular formula is C17H24O2. The summed E-state index contributed by atoms with van der Waals surface area (Å²) in [5.74, 6) is -0.442. The molecule has 0 aliphatic rings. The summed E-state index contributed by atoms with van der Waals surface area (Å²) in [5, 5.41) is 0. The van der Waals surface area contributed by atoms with Crippen LogP contribution >= 0.6 is 0 Å². The molecule has 0 heterocycles. The molecule has 0 radical (unpaired) electrons. The third kappa shape index (κ3) is 6.32. The van der Waals surface area contributed by atoms with Gasteiger partial charge in [0.1, 0.15) is 0 Å². The molecule has 0 N–H and O–H groups in total. The van der Waals surface area contributed by atoms with Gasteiger partial charge in [-0.3, -0.25) is 9.59 Å². The Kier molecular flexibility index (Phi) is 7.80. The van der Waals surface area contributed by atoms with Crippen LogP contribution in [0.1, 0.15) is 67.8 Å². The van der Waals surface area contributed by atoms with Gasteiger partial charge >= 0.3 is 0 Å². The molecular weight excluding hydrogens is 236 g/mol. The van der Waals surface area contributed by atoms with E-state index in [1.54, 1.807) is 12.1 Å². The summed E-state index contributed by atoms with van der Waals surface area (Å²) < 4.78 is 0. The van der Waals surface area contributed by atoms with Crippen LogP contribution in [-0.4, -0.2) is 12.1 Å². The van der Waals surface area contributed by atoms with Gasteiger partial charge in [-0.2, -0.15) is 0 Å². The van der Waals surface area contributed by atoms with Crippen LogP contribution in [0.25, 0.3) is 0 Å². The topological polar surface area (TPSA) is 34.1 Å². The van der Waals surface area contributed by atoms with E-state index < -0.39 is 5.78 Å². The second-order valence-corrected chi connectivity index (χ2v) is 5.05. The second-order valence-electron chi connectivity index (χ2n) is 5.05. The highest BCUT2D eigenvalue weighted by molar-refractivity contribution is 6.33. The minimum atomic E-state index is -0.442. The Morgan fingerprint density at radius 1 is 0.947 bits per heavy atom. The first-order chi connectivity index (χ1) is 9.27. The Bertz CT molecular complexity index is 379. The van der Waals surface area contributed by atoms with Crippen molar-refractivity contribution in [2.75, 3.05) is 0 Å². The molecule has 0 aromatic heterocycles. The molecule has 0 saturated carbocycles. The molecule has 0 spiro atoms. The van der Waals surface area contributed by atoms with Crippen LogP contribution in [0.3, 0.4) is 0 Å². The Morgan fingerprint density at radius 3 is 2.11 bits per heavy atom. The number of Topliss-reactive ketones (excluding diaryl/α,β-unsaturated/α-hetero) is 1. The molecule has 0 aliphatic heterocycles. The minimum Gasteiger partial charge on any atom is -0.294 e. The number of carbonyl (C=O) groups is 2. The van der Waals surface area contributed by atoms with E-state index >= 15 is 0 Å². The number of aldehydes is 1. The lowest BCUT2D eigenvalue weighted by Crippen LogP contribution is -1.99. The first kappa shape index (κ1) is 15.6. The number of unbranched alkanes of at least 4 members (excludes halogenated alkanes) is 6. The summed E-state index contributed by atoms with van der Waals surface area (Å²) in [7, 11) is 0. The zero-order chi connectivity index (χ0) is 13.9. The normalized spacial score (nSPS) is 10.4. The van der Waals surface area contributed by atoms with Gasteiger partial charge in [0.05, 0.1) is 0 Å². The zero-order valence-corrected chi connectivity index (χ0v) is 11.9. The van der Waals surface area contributed by atoms with E-state index in [0.29, 0.717) is 11.8 Å². The molecule has 1 rings (SSSR count). The predicted molar refractivity (Wildman–Crippen MR) is 78.5 cm³/mol. The summed E-state index contributed by atoms with van der Waals surface area (Å²) in [6, 6.07) is 7.39. The monoisotopic (exact) mass is 260 g/mol. The van der Waals surface area contributed by atoms with Crippen molar-refractivity contribution in [2.45, 2.75) is 58.3 Å². The second kappa shape index (κ2) is 9.48. The van der Waals surface area contributed by atoms with Crippen molar-refractivity contribution in [3.05, 3.63) is 35.4 Å². The Hall–Kier alpha value is -1.44. The van der Waals surface area contributed by atoms with Crippen molar-refractivity contribution in [1.82, 2.24) is 0 Å². The number of benzene rings is 1. The molecule has 0 bridgehead atoms. The van der Waals surface area contributed by atoms with Gasteiger partial charge in [0, 0.05) is 5.56 Å². The van der Waals surface area contributed by atoms with Crippen molar-refractivity contribution in [3.8, 4) is 0 Å². The van der Waals surface area contributed by atoms with Crippen LogP contribution in [0.5, 0.6) is 0 Å². The lowest BCUT2D eigenvalue weighted by atomic mass is 10.0. The molecule has 2 nitrogen and oxygen atoms in total. The lowest BCUT2D eigenvalue weighted by molar-refractivity contribution is -0.104. The quantitative estimate of drug-likeness (QED) is 0.271. The molecule has 104 valence electrons. The van der Waals surface area contributed by atoms with Gasteiger partial charge in [0.2, 0.25) is 5.78 Å². The van der Waals surface area contributed by atoms with Crippen LogP contribution in [0.4, 0.5) is 0 Å². The molecule has 1 aromatic rings. The summed E-state index contributed by atoms with van der Waals surface area (Å²) in [4.78, 5) is 21.5. The third-order valence-electron chi connectivity index (χ3n) is 3.41. The van der Waals surface area contributed by atoms with Crippen LogP contribution in [0.15, 0.2) is 24.3 Å². The number of hydrogen-bond donors (Lipinski definition) is 0. The summed E-state index contributed by atoms with van der Waals surface area (Å²) >= 11 is 0. The van der Waals surface area contributed by atoms with Crippen LogP contribution in [0.2, 0.25) is 0 Å². The standard InChI is InChI=1S/C17H24O2/c1-2-3-4-5-6-7-8-9-15-10-12-16(13-11-15)17(19)14-18/h10-14H,2-9H2,1H3. The van der Waals surface area contributed by atoms with Gasteiger partial charge in [-0.25, -0.2) is 0 Å². The molecule has 0 unspecified atom stereocenters. The van der Waals surface area contributed by atoms with Gasteiger partial charge in [-0.15, -0.1) is 0 Å². The van der Waals surface area contributed by atoms with E-state index in [2.05, 4.69) is 6.92 Å². The van der Waals surface area contributed by atoms with Crippen LogP contribution in [-0.2, 0) is 11.2 Å². The fraction of sp³-hybridized carbons (Fsp3) is 0.529. The highest BCUT2D eigenvalue weighted by atomic mass is 16.2. The maximum Gasteiger partial charge on any atom is 0.225 e. The molecule has 0 saturated heterocycles. The number of ketones is 1. The van der Waals surface area contributed by atoms with Crippen LogP contribution in [0, 0.1) is 0 Å². The summed E-state index contributed by atoms with van der Waals surface area (Å²) in [6.07, 6.45) is 10.6. The van der Waals surface area contributed by atoms with E-state index in [4.69, 9.17) is 0 Å². The molecule has 1 aromatic carbocycles. The average Bonchev–Trinajstić information content (AvgIpc) is 2.46. The molecule has 0 atom stereocenters. The van der Waals surface area contributed by atoms with Gasteiger partial charge in [0.25, 0.3) is 0 Å². The highest BCUT2D eigenvalue weighted by Crippen LogP contribution is 2.11. The molecule has 0 aliphatic carbocycles. The summed E-state index contributed by atoms with van der Waals surface area (Å²) in [5.41, 5.74) is 1.73. The highest BCUT2D eigenvalue weighted by Gasteiger charge is 2.02. The van der Waals surface area contributed by atoms with E-state index in [1.807, 2.05) is 12.1 Å². The molecule has 0 fully saturated rings. The maximum absolute atomic E-state index is 11.1. The molecule has 0 amide bonds. The van der Waals surface area contributed by atoms with Gasteiger partial charge in [-0.05, 0) is 18.4 Å². The van der Waals surface area contributed by atoms with Gasteiger partial charge in [-0.1, -0.05) is 69.7 Å². The lowest BCUT2D eigenvalue weighted by Gasteiger charge is -2.03. The largest absolute Gasteiger partial charge is 0.294 e. The Balaban J connectivity index is 2.19. The fourth-order valence-corrected chi connectivity index (χ4v) is 2.19. The maximum atomic E-state index is 11.1. The third-order valence-corrected chi connectivity index (χ3v) is 3.41. The average molecular weight is 260 g/mol. The Morgan fingerprint density at radius 2 is 1.53 bits per heavy atom. The first-order valence-corrected chi connectivity index (χ1v) is 7.36. The zero-order valence-electron chi connectivity index (χ0n) is 11.9. The van der Waals surface area contributed by atoms with Gasteiger partial charge < -0.3 is 0 Å². The fourth-order valence-electron chi connectivity index (χ4n) is 2.19. The number of hydrogen-bond acceptors (Lipinski definition) is 2. The minimum absolute atomic E-state index is 0.366. The number of aryl methyl sites for hydroxylation is 1. The summed E-state index contributed by atoms with van der Waals surface area (Å²) in [6.45, 7) is 2.24. The van der Waals surface area contributed by atoms with E-state index in [-0.39, 0.29) is 0 Å². The van der Waals surface area contributed by atoms with Crippen molar-refractivity contribution < 1.29 is 9.59 Å². The van der Waals surface area contributed by atoms with Crippen molar-refractivity contribution in [1.29, 1.82) is 0 Å². The van der Waals surface area contributed by atoms with Gasteiger partial charge in [0.15, 0.2) is 6.29 Å². The van der Waals surface area contributed by atoms with E-state index in [0.717, 1.165) is 6.42 Å². The van der Waals surface area contributed by atoms with Crippen molar-refractivity contribution in [2.24, 2.45) is 0 Å². The number of rotatable bonds is 10. The SMILES string of the molecule is CCCCCCCCCc1ccc(C(=O)C=O)cc1. The predicted octanol–water partition coefficient (Wildman–Crippen LogP) is 4.36. The molecule has 2 heteroatoms. The smallest absolute Gasteiger partial charge is 0.225 e. The Labute approximate surface area is 116 Å². The molecule has 19 heavy (non-hydrogen) atoms. The van der Waals surface area contributed by atoms with Crippen molar-refractivity contribution in [3.63, 3.8) is 0 Å². The number of carbonyl (C=O) groups excluding carboxylic acids is 2.